The number of carbonyl (C=O) groups is 3. The third kappa shape index (κ3) is 7.32. The van der Waals surface area contributed by atoms with Gasteiger partial charge in [-0.1, -0.05) is 42.5 Å². The van der Waals surface area contributed by atoms with Crippen LogP contribution in [0.25, 0.3) is 0 Å². The number of aryl methyl sites for hydroxylation is 1. The number of thioether (sulfide) groups is 1. The van der Waals surface area contributed by atoms with Gasteiger partial charge in [0.1, 0.15) is 17.5 Å². The van der Waals surface area contributed by atoms with E-state index in [-0.39, 0.29) is 29.5 Å². The number of nitrogens with one attached hydrogen (secondary N) is 2. The van der Waals surface area contributed by atoms with Crippen molar-refractivity contribution in [1.29, 1.82) is 0 Å². The summed E-state index contributed by atoms with van der Waals surface area (Å²) < 4.78 is 4.63. The van der Waals surface area contributed by atoms with E-state index in [1.165, 1.54) is 22.7 Å². The van der Waals surface area contributed by atoms with Crippen LogP contribution in [0.4, 0.5) is 0 Å². The Balaban J connectivity index is 1.58. The number of aliphatic hydroxyl groups excluding tert-OH is 1. The summed E-state index contributed by atoms with van der Waals surface area (Å²) in [6, 6.07) is 17.6. The lowest BCUT2D eigenvalue weighted by atomic mass is 9.96. The molecule has 3 atom stereocenters. The highest BCUT2D eigenvalue weighted by Crippen LogP contribution is 2.40. The molecule has 4 rings (SSSR count). The highest BCUT2D eigenvalue weighted by atomic mass is 32.2. The average molecular weight is 606 g/mol. The van der Waals surface area contributed by atoms with Crippen LogP contribution in [-0.4, -0.2) is 68.8 Å². The zero-order chi connectivity index (χ0) is 31.3. The molecular weight excluding hydrogens is 566 g/mol. The molecule has 4 N–H and O–H groups in total. The van der Waals surface area contributed by atoms with Crippen molar-refractivity contribution in [3.05, 3.63) is 94.5 Å². The first-order valence-corrected chi connectivity index (χ1v) is 15.1. The largest absolute Gasteiger partial charge is 0.508 e. The lowest BCUT2D eigenvalue weighted by Gasteiger charge is -2.33. The molecule has 0 saturated carbocycles. The average Bonchev–Trinajstić information content (AvgIpc) is 3.31. The second kappa shape index (κ2) is 13.5. The van der Waals surface area contributed by atoms with Gasteiger partial charge in [-0.2, -0.15) is 0 Å². The van der Waals surface area contributed by atoms with Gasteiger partial charge in [0.25, 0.3) is 11.8 Å². The monoisotopic (exact) mass is 605 g/mol. The summed E-state index contributed by atoms with van der Waals surface area (Å²) >= 11 is 1.45. The molecule has 0 aliphatic carbocycles. The number of nitrogens with zero attached hydrogens (tertiary/aromatic N) is 1. The van der Waals surface area contributed by atoms with Crippen molar-refractivity contribution in [3.63, 3.8) is 0 Å². The number of aromatic hydroxyl groups is 1. The maximum Gasteiger partial charge on any atom is 0.254 e. The zero-order valence-electron chi connectivity index (χ0n) is 25.1. The molecule has 10 heteroatoms. The Hall–Kier alpha value is -4.02. The summed E-state index contributed by atoms with van der Waals surface area (Å²) in [6.07, 6.45) is -1.51. The Morgan fingerprint density at radius 3 is 2.42 bits per heavy atom. The number of aliphatic hydroxyl groups is 1. The number of amides is 3. The fraction of sp³-hybridized carbons (Fsp3) is 0.364. The Kier molecular flexibility index (Phi) is 10.0. The Labute approximate surface area is 256 Å². The highest BCUT2D eigenvalue weighted by Gasteiger charge is 2.49. The van der Waals surface area contributed by atoms with Crippen LogP contribution in [-0.2, 0) is 22.6 Å². The molecule has 228 valence electrons. The third-order valence-corrected chi connectivity index (χ3v) is 9.28. The second-order valence-corrected chi connectivity index (χ2v) is 12.9. The minimum Gasteiger partial charge on any atom is -0.508 e. The normalized spacial score (nSPS) is 17.2. The number of phenolic OH excluding ortho intramolecular Hbond substituents is 1. The molecule has 43 heavy (non-hydrogen) atoms. The maximum atomic E-state index is 13.9. The number of hydrogen-bond donors (Lipinski definition) is 4. The van der Waals surface area contributed by atoms with E-state index in [1.54, 1.807) is 50.4 Å². The Bertz CT molecular complexity index is 1480. The van der Waals surface area contributed by atoms with Crippen molar-refractivity contribution in [2.24, 2.45) is 0 Å². The van der Waals surface area contributed by atoms with Gasteiger partial charge in [0, 0.05) is 22.4 Å². The molecular formula is C33H39N3O6S. The van der Waals surface area contributed by atoms with Crippen LogP contribution in [0.5, 0.6) is 11.5 Å². The van der Waals surface area contributed by atoms with Gasteiger partial charge in [-0.05, 0) is 75.1 Å². The minimum absolute atomic E-state index is 0.0353. The van der Waals surface area contributed by atoms with Gasteiger partial charge in [0.2, 0.25) is 5.91 Å². The molecule has 0 spiro atoms. The number of carbonyl (C=O) groups excluding carboxylic acids is 3. The van der Waals surface area contributed by atoms with E-state index in [0.29, 0.717) is 17.9 Å². The van der Waals surface area contributed by atoms with E-state index >= 15 is 0 Å². The predicted octanol–water partition coefficient (Wildman–Crippen LogP) is 3.72. The highest BCUT2D eigenvalue weighted by molar-refractivity contribution is 8.00. The van der Waals surface area contributed by atoms with Gasteiger partial charge < -0.3 is 30.5 Å². The molecule has 1 unspecified atom stereocenters. The van der Waals surface area contributed by atoms with Crippen molar-refractivity contribution in [1.82, 2.24) is 15.5 Å². The standard InChI is InChI=1S/C33H39N3O6S/c1-20-9-6-7-10-23(20)18-34-31(40)29-33(3,4)43-19-36(29)32(41)28(38)26(17-22-13-15-24(42-5)16-14-22)35-30(39)25-11-8-12-27(37)21(25)2/h6-16,26,28-29,37-38H,17-19H2,1-5H3,(H,34,40)(H,35,39)/t26-,28-,29?/m0/s1. The van der Waals surface area contributed by atoms with Gasteiger partial charge in [-0.3, -0.25) is 14.4 Å². The van der Waals surface area contributed by atoms with Crippen LogP contribution in [0.2, 0.25) is 0 Å². The number of phenols is 1. The third-order valence-electron chi connectivity index (χ3n) is 7.91. The molecule has 3 aromatic rings. The summed E-state index contributed by atoms with van der Waals surface area (Å²) in [5, 5.41) is 27.4. The van der Waals surface area contributed by atoms with Crippen LogP contribution < -0.4 is 15.4 Å². The van der Waals surface area contributed by atoms with Gasteiger partial charge in [-0.15, -0.1) is 11.8 Å². The van der Waals surface area contributed by atoms with E-state index in [9.17, 15) is 24.6 Å². The van der Waals surface area contributed by atoms with Crippen molar-refractivity contribution in [2.75, 3.05) is 13.0 Å². The van der Waals surface area contributed by atoms with E-state index in [2.05, 4.69) is 10.6 Å². The Morgan fingerprint density at radius 1 is 1.05 bits per heavy atom. The summed E-state index contributed by atoms with van der Waals surface area (Å²) in [7, 11) is 1.56. The van der Waals surface area contributed by atoms with E-state index < -0.39 is 34.7 Å². The first-order chi connectivity index (χ1) is 20.4. The van der Waals surface area contributed by atoms with Gasteiger partial charge in [0.15, 0.2) is 6.10 Å². The zero-order valence-corrected chi connectivity index (χ0v) is 25.9. The topological polar surface area (TPSA) is 128 Å². The fourth-order valence-electron chi connectivity index (χ4n) is 5.21. The molecule has 0 bridgehead atoms. The lowest BCUT2D eigenvalue weighted by Crippen LogP contribution is -2.58. The smallest absolute Gasteiger partial charge is 0.254 e. The van der Waals surface area contributed by atoms with E-state index in [4.69, 9.17) is 4.74 Å². The van der Waals surface area contributed by atoms with Gasteiger partial charge in [-0.25, -0.2) is 0 Å². The fourth-order valence-corrected chi connectivity index (χ4v) is 6.36. The van der Waals surface area contributed by atoms with Crippen molar-refractivity contribution >= 4 is 29.5 Å². The van der Waals surface area contributed by atoms with Gasteiger partial charge >= 0.3 is 0 Å². The number of methoxy groups -OCH3 is 1. The number of hydrogen-bond acceptors (Lipinski definition) is 7. The molecule has 3 amide bonds. The van der Waals surface area contributed by atoms with Crippen LogP contribution in [0.1, 0.15) is 46.5 Å². The SMILES string of the molecule is COc1ccc(C[C@H](NC(=O)c2cccc(O)c2C)[C@H](O)C(=O)N2CSC(C)(C)C2C(=O)NCc2ccccc2C)cc1. The molecule has 1 aliphatic rings. The number of benzene rings is 3. The van der Waals surface area contributed by atoms with E-state index in [1.807, 2.05) is 45.0 Å². The lowest BCUT2D eigenvalue weighted by molar-refractivity contribution is -0.147. The molecule has 1 aliphatic heterocycles. The molecule has 1 saturated heterocycles. The quantitative estimate of drug-likeness (QED) is 0.277. The van der Waals surface area contributed by atoms with Gasteiger partial charge in [0.05, 0.1) is 19.0 Å². The first kappa shape index (κ1) is 31.9. The molecule has 1 fully saturated rings. The second-order valence-electron chi connectivity index (χ2n) is 11.3. The number of rotatable bonds is 10. The predicted molar refractivity (Wildman–Crippen MR) is 167 cm³/mol. The van der Waals surface area contributed by atoms with Crippen molar-refractivity contribution < 1.29 is 29.3 Å². The molecule has 9 nitrogen and oxygen atoms in total. The van der Waals surface area contributed by atoms with Crippen molar-refractivity contribution in [2.45, 2.75) is 63.6 Å². The molecule has 0 radical (unpaired) electrons. The summed E-state index contributed by atoms with van der Waals surface area (Å²) in [5.74, 6) is -0.688. The summed E-state index contributed by atoms with van der Waals surface area (Å²) in [4.78, 5) is 42.2. The number of ether oxygens (including phenoxy) is 1. The van der Waals surface area contributed by atoms with Crippen LogP contribution in [0, 0.1) is 13.8 Å². The summed E-state index contributed by atoms with van der Waals surface area (Å²) in [5.41, 5.74) is 3.39. The minimum atomic E-state index is -1.65. The van der Waals surface area contributed by atoms with Crippen LogP contribution >= 0.6 is 11.8 Å². The maximum absolute atomic E-state index is 13.9. The molecule has 0 aromatic heterocycles. The van der Waals surface area contributed by atoms with Crippen LogP contribution in [0.3, 0.4) is 0 Å². The van der Waals surface area contributed by atoms with Crippen molar-refractivity contribution in [3.8, 4) is 11.5 Å². The first-order valence-electron chi connectivity index (χ1n) is 14.1. The van der Waals surface area contributed by atoms with E-state index in [0.717, 1.165) is 16.7 Å². The molecule has 3 aromatic carbocycles. The van der Waals surface area contributed by atoms with Crippen LogP contribution in [0.15, 0.2) is 66.7 Å². The Morgan fingerprint density at radius 2 is 1.74 bits per heavy atom. The summed E-state index contributed by atoms with van der Waals surface area (Å²) in [6.45, 7) is 7.70. The molecule has 1 heterocycles.